The Balaban J connectivity index is 1.93. The fraction of sp³-hybridized carbons (Fsp3) is 0.615. The fourth-order valence-electron chi connectivity index (χ4n) is 2.47. The lowest BCUT2D eigenvalue weighted by Crippen LogP contribution is -2.23. The Morgan fingerprint density at radius 1 is 1.30 bits per heavy atom. The molecule has 2 aromatic rings. The molecule has 0 saturated carbocycles. The Labute approximate surface area is 127 Å². The number of anilines is 1. The Morgan fingerprint density at radius 2 is 2.05 bits per heavy atom. The summed E-state index contributed by atoms with van der Waals surface area (Å²) in [5, 5.41) is 7.89. The molecule has 7 heteroatoms. The van der Waals surface area contributed by atoms with Gasteiger partial charge in [0.05, 0.1) is 5.69 Å². The van der Waals surface area contributed by atoms with Gasteiger partial charge >= 0.3 is 0 Å². The first-order valence-electron chi connectivity index (χ1n) is 7.08. The summed E-state index contributed by atoms with van der Waals surface area (Å²) in [6.45, 7) is 4.30. The first kappa shape index (κ1) is 13.8. The van der Waals surface area contributed by atoms with Crippen molar-refractivity contribution >= 4 is 28.7 Å². The molecule has 1 N–H and O–H groups in total. The van der Waals surface area contributed by atoms with Crippen LogP contribution < -0.4 is 4.90 Å². The van der Waals surface area contributed by atoms with Gasteiger partial charge < -0.3 is 9.32 Å². The zero-order valence-electron chi connectivity index (χ0n) is 11.5. The molecule has 0 aliphatic carbocycles. The second kappa shape index (κ2) is 6.05. The summed E-state index contributed by atoms with van der Waals surface area (Å²) < 4.78 is 5.44. The van der Waals surface area contributed by atoms with Crippen molar-refractivity contribution in [1.29, 1.82) is 0 Å². The number of aryl methyl sites for hydroxylation is 1. The number of nitrogens with one attached hydrogen (secondary N) is 1. The molecule has 3 rings (SSSR count). The van der Waals surface area contributed by atoms with E-state index in [1.807, 2.05) is 0 Å². The predicted octanol–water partition coefficient (Wildman–Crippen LogP) is 3.80. The molecule has 20 heavy (non-hydrogen) atoms. The lowest BCUT2D eigenvalue weighted by molar-refractivity contribution is 0.552. The van der Waals surface area contributed by atoms with Gasteiger partial charge in [0.1, 0.15) is 4.88 Å². The molecule has 1 fully saturated rings. The number of hydrogen-bond acceptors (Lipinski definition) is 6. The summed E-state index contributed by atoms with van der Waals surface area (Å²) in [5.41, 5.74) is 1.04. The van der Waals surface area contributed by atoms with Gasteiger partial charge in [0.25, 0.3) is 10.7 Å². The number of aromatic nitrogens is 3. The van der Waals surface area contributed by atoms with Crippen LogP contribution in [0.25, 0.3) is 10.8 Å². The van der Waals surface area contributed by atoms with Gasteiger partial charge in [0, 0.05) is 13.1 Å². The standard InChI is InChI=1S/C13H18N4OS2/c1-2-9-10(11-15-16-13(19)18-11)20-12(14-9)17-7-5-3-4-6-8-17/h2-8H2,1H3,(H,16,19). The summed E-state index contributed by atoms with van der Waals surface area (Å²) in [4.78, 5) is 8.48. The molecule has 0 atom stereocenters. The van der Waals surface area contributed by atoms with Crippen LogP contribution in [-0.2, 0) is 6.42 Å². The highest BCUT2D eigenvalue weighted by atomic mass is 32.1. The molecule has 0 spiro atoms. The van der Waals surface area contributed by atoms with E-state index in [1.165, 1.54) is 25.7 Å². The van der Waals surface area contributed by atoms with Crippen LogP contribution in [0, 0.1) is 4.84 Å². The monoisotopic (exact) mass is 310 g/mol. The minimum absolute atomic E-state index is 0.312. The number of rotatable bonds is 3. The van der Waals surface area contributed by atoms with E-state index in [0.29, 0.717) is 10.7 Å². The second-order valence-electron chi connectivity index (χ2n) is 4.95. The molecule has 0 radical (unpaired) electrons. The lowest BCUT2D eigenvalue weighted by atomic mass is 10.2. The number of thiazole rings is 1. The Morgan fingerprint density at radius 3 is 2.65 bits per heavy atom. The van der Waals surface area contributed by atoms with Crippen molar-refractivity contribution in [2.75, 3.05) is 18.0 Å². The van der Waals surface area contributed by atoms with Gasteiger partial charge in [-0.15, -0.1) is 5.10 Å². The molecule has 1 aliphatic heterocycles. The van der Waals surface area contributed by atoms with Crippen molar-refractivity contribution in [3.63, 3.8) is 0 Å². The Hall–Kier alpha value is -1.21. The first-order valence-corrected chi connectivity index (χ1v) is 8.31. The van der Waals surface area contributed by atoms with Gasteiger partial charge in [-0.2, -0.15) is 0 Å². The fourth-order valence-corrected chi connectivity index (χ4v) is 3.73. The molecule has 3 heterocycles. The highest BCUT2D eigenvalue weighted by molar-refractivity contribution is 7.71. The van der Waals surface area contributed by atoms with Crippen molar-refractivity contribution in [2.45, 2.75) is 39.0 Å². The Bertz CT molecular complexity index is 622. The van der Waals surface area contributed by atoms with Gasteiger partial charge in [-0.05, 0) is 31.5 Å². The van der Waals surface area contributed by atoms with E-state index >= 15 is 0 Å². The lowest BCUT2D eigenvalue weighted by Gasteiger charge is -2.18. The number of H-pyrrole nitrogens is 1. The maximum Gasteiger partial charge on any atom is 0.284 e. The predicted molar refractivity (Wildman–Crippen MR) is 82.9 cm³/mol. The van der Waals surface area contributed by atoms with E-state index in [4.69, 9.17) is 21.6 Å². The topological polar surface area (TPSA) is 58.0 Å². The largest absolute Gasteiger partial charge is 0.408 e. The molecule has 5 nitrogen and oxygen atoms in total. The summed E-state index contributed by atoms with van der Waals surface area (Å²) in [6, 6.07) is 0. The number of aromatic amines is 1. The average molecular weight is 310 g/mol. The SMILES string of the molecule is CCc1nc(N2CCCCCC2)sc1-c1n[nH]c(=S)o1. The zero-order chi connectivity index (χ0) is 13.9. The maximum atomic E-state index is 5.44. The van der Waals surface area contributed by atoms with E-state index in [0.717, 1.165) is 35.2 Å². The van der Waals surface area contributed by atoms with E-state index in [1.54, 1.807) is 11.3 Å². The van der Waals surface area contributed by atoms with Crippen molar-refractivity contribution in [3.05, 3.63) is 10.5 Å². The van der Waals surface area contributed by atoms with Crippen LogP contribution in [0.1, 0.15) is 38.3 Å². The Kier molecular flexibility index (Phi) is 4.16. The number of nitrogens with zero attached hydrogens (tertiary/aromatic N) is 3. The third-order valence-electron chi connectivity index (χ3n) is 3.53. The van der Waals surface area contributed by atoms with Gasteiger partial charge in [-0.3, -0.25) is 0 Å². The normalized spacial score (nSPS) is 16.4. The first-order chi connectivity index (χ1) is 9.78. The van der Waals surface area contributed by atoms with Crippen LogP contribution in [0.15, 0.2) is 4.42 Å². The zero-order valence-corrected chi connectivity index (χ0v) is 13.1. The molecule has 1 saturated heterocycles. The summed E-state index contributed by atoms with van der Waals surface area (Å²) in [7, 11) is 0. The van der Waals surface area contributed by atoms with Crippen LogP contribution in [0.3, 0.4) is 0 Å². The molecular formula is C13H18N4OS2. The molecule has 0 unspecified atom stereocenters. The third kappa shape index (κ3) is 2.78. The van der Waals surface area contributed by atoms with Crippen molar-refractivity contribution in [2.24, 2.45) is 0 Å². The van der Waals surface area contributed by atoms with Gasteiger partial charge in [-0.1, -0.05) is 31.1 Å². The molecule has 0 aromatic carbocycles. The minimum Gasteiger partial charge on any atom is -0.408 e. The van der Waals surface area contributed by atoms with Crippen molar-refractivity contribution in [3.8, 4) is 10.8 Å². The van der Waals surface area contributed by atoms with E-state index in [-0.39, 0.29) is 0 Å². The van der Waals surface area contributed by atoms with Gasteiger partial charge in [0.2, 0.25) is 0 Å². The van der Waals surface area contributed by atoms with Crippen LogP contribution in [0.4, 0.5) is 5.13 Å². The molecule has 2 aromatic heterocycles. The van der Waals surface area contributed by atoms with Crippen molar-refractivity contribution in [1.82, 2.24) is 15.2 Å². The van der Waals surface area contributed by atoms with Crippen molar-refractivity contribution < 1.29 is 4.42 Å². The quantitative estimate of drug-likeness (QED) is 0.874. The van der Waals surface area contributed by atoms with Gasteiger partial charge in [-0.25, -0.2) is 10.1 Å². The molecular weight excluding hydrogens is 292 g/mol. The highest BCUT2D eigenvalue weighted by Gasteiger charge is 2.20. The summed E-state index contributed by atoms with van der Waals surface area (Å²) >= 11 is 6.61. The number of hydrogen-bond donors (Lipinski definition) is 1. The van der Waals surface area contributed by atoms with E-state index in [9.17, 15) is 0 Å². The molecule has 1 aliphatic rings. The van der Waals surface area contributed by atoms with Gasteiger partial charge in [0.15, 0.2) is 5.13 Å². The smallest absolute Gasteiger partial charge is 0.284 e. The van der Waals surface area contributed by atoms with E-state index < -0.39 is 0 Å². The third-order valence-corrected chi connectivity index (χ3v) is 4.85. The van der Waals surface area contributed by atoms with Crippen LogP contribution in [0.2, 0.25) is 0 Å². The molecule has 0 amide bonds. The molecule has 108 valence electrons. The summed E-state index contributed by atoms with van der Waals surface area (Å²) in [5.74, 6) is 0.561. The second-order valence-corrected chi connectivity index (χ2v) is 6.29. The van der Waals surface area contributed by atoms with E-state index in [2.05, 4.69) is 22.0 Å². The average Bonchev–Trinajstić information content (AvgIpc) is 2.97. The summed E-state index contributed by atoms with van der Waals surface area (Å²) in [6.07, 6.45) is 6.01. The van der Waals surface area contributed by atoms with Crippen LogP contribution >= 0.6 is 23.6 Å². The maximum absolute atomic E-state index is 5.44. The molecule has 0 bridgehead atoms. The highest BCUT2D eigenvalue weighted by Crippen LogP contribution is 2.35. The van der Waals surface area contributed by atoms with Crippen LogP contribution in [-0.4, -0.2) is 28.3 Å². The van der Waals surface area contributed by atoms with Crippen LogP contribution in [0.5, 0.6) is 0 Å². The minimum atomic E-state index is 0.312.